The van der Waals surface area contributed by atoms with E-state index in [1.54, 1.807) is 23.3 Å². The molecule has 8 nitrogen and oxygen atoms in total. The molecule has 96 valence electrons. The molecule has 0 aliphatic carbocycles. The van der Waals surface area contributed by atoms with Crippen molar-refractivity contribution < 1.29 is 0 Å². The van der Waals surface area contributed by atoms with Gasteiger partial charge in [0, 0.05) is 18.9 Å². The Balaban J connectivity index is 2.27. The number of nitrogens with two attached hydrogens (primary N) is 1. The van der Waals surface area contributed by atoms with Crippen LogP contribution in [0.3, 0.4) is 0 Å². The van der Waals surface area contributed by atoms with Crippen molar-refractivity contribution in [3.8, 4) is 5.95 Å². The van der Waals surface area contributed by atoms with Gasteiger partial charge in [-0.2, -0.15) is 15.0 Å². The number of nitrogens with zero attached hydrogens (tertiary/aromatic N) is 5. The van der Waals surface area contributed by atoms with E-state index in [0.717, 1.165) is 6.54 Å². The Morgan fingerprint density at radius 3 is 2.67 bits per heavy atom. The van der Waals surface area contributed by atoms with Gasteiger partial charge in [-0.1, -0.05) is 13.8 Å². The number of hydrogen-bond acceptors (Lipinski definition) is 7. The molecular formula is C10H16N8. The zero-order valence-electron chi connectivity index (χ0n) is 10.3. The Morgan fingerprint density at radius 2 is 2.06 bits per heavy atom. The predicted molar refractivity (Wildman–Crippen MR) is 68.1 cm³/mol. The molecule has 2 aromatic rings. The van der Waals surface area contributed by atoms with Crippen LogP contribution in [-0.4, -0.2) is 31.0 Å². The second-order valence-electron chi connectivity index (χ2n) is 4.17. The summed E-state index contributed by atoms with van der Waals surface area (Å²) in [5.74, 6) is 7.08. The van der Waals surface area contributed by atoms with E-state index in [9.17, 15) is 0 Å². The number of rotatable bonds is 5. The van der Waals surface area contributed by atoms with Gasteiger partial charge in [0.05, 0.1) is 0 Å². The number of nitrogen functional groups attached to an aromatic ring is 1. The van der Waals surface area contributed by atoms with Crippen LogP contribution in [0.25, 0.3) is 5.95 Å². The molecule has 2 heterocycles. The lowest BCUT2D eigenvalue weighted by Crippen LogP contribution is -2.17. The van der Waals surface area contributed by atoms with Crippen molar-refractivity contribution in [2.75, 3.05) is 17.3 Å². The van der Waals surface area contributed by atoms with Crippen LogP contribution in [0.4, 0.5) is 11.9 Å². The van der Waals surface area contributed by atoms with Crippen molar-refractivity contribution >= 4 is 11.9 Å². The molecule has 0 saturated heterocycles. The molecule has 0 saturated carbocycles. The average Bonchev–Trinajstić information content (AvgIpc) is 2.89. The maximum atomic E-state index is 5.34. The van der Waals surface area contributed by atoms with Crippen LogP contribution in [0.5, 0.6) is 0 Å². The van der Waals surface area contributed by atoms with Crippen LogP contribution < -0.4 is 16.6 Å². The van der Waals surface area contributed by atoms with Crippen molar-refractivity contribution in [2.45, 2.75) is 13.8 Å². The van der Waals surface area contributed by atoms with Gasteiger partial charge >= 0.3 is 0 Å². The molecule has 0 unspecified atom stereocenters. The summed E-state index contributed by atoms with van der Waals surface area (Å²) in [7, 11) is 0. The number of hydrazine groups is 1. The number of hydrogen-bond donors (Lipinski definition) is 3. The number of aromatic nitrogens is 5. The van der Waals surface area contributed by atoms with Crippen LogP contribution in [0.15, 0.2) is 18.7 Å². The Morgan fingerprint density at radius 1 is 1.28 bits per heavy atom. The molecule has 0 spiro atoms. The fraction of sp³-hybridized carbons (Fsp3) is 0.400. The summed E-state index contributed by atoms with van der Waals surface area (Å²) >= 11 is 0. The molecule has 2 aromatic heterocycles. The molecule has 0 amide bonds. The van der Waals surface area contributed by atoms with Gasteiger partial charge in [-0.3, -0.25) is 9.99 Å². The highest BCUT2D eigenvalue weighted by Gasteiger charge is 2.07. The summed E-state index contributed by atoms with van der Waals surface area (Å²) in [6.07, 6.45) is 5.02. The second kappa shape index (κ2) is 5.41. The predicted octanol–water partition coefficient (Wildman–Crippen LogP) is 0.411. The van der Waals surface area contributed by atoms with Gasteiger partial charge < -0.3 is 5.32 Å². The molecular weight excluding hydrogens is 232 g/mol. The fourth-order valence-corrected chi connectivity index (χ4v) is 1.30. The largest absolute Gasteiger partial charge is 0.354 e. The minimum absolute atomic E-state index is 0.306. The lowest BCUT2D eigenvalue weighted by atomic mass is 10.2. The summed E-state index contributed by atoms with van der Waals surface area (Å²) in [6.45, 7) is 4.98. The molecule has 0 atom stereocenters. The van der Waals surface area contributed by atoms with Gasteiger partial charge in [-0.05, 0) is 5.92 Å². The van der Waals surface area contributed by atoms with Crippen molar-refractivity contribution in [3.63, 3.8) is 0 Å². The van der Waals surface area contributed by atoms with Crippen LogP contribution in [0, 0.1) is 5.92 Å². The third kappa shape index (κ3) is 2.92. The Kier molecular flexibility index (Phi) is 3.68. The fourth-order valence-electron chi connectivity index (χ4n) is 1.30. The first-order valence-corrected chi connectivity index (χ1v) is 5.64. The summed E-state index contributed by atoms with van der Waals surface area (Å²) in [5, 5.41) is 3.13. The monoisotopic (exact) mass is 248 g/mol. The van der Waals surface area contributed by atoms with E-state index in [-0.39, 0.29) is 0 Å². The van der Waals surface area contributed by atoms with Crippen LogP contribution in [0.1, 0.15) is 13.8 Å². The van der Waals surface area contributed by atoms with Gasteiger partial charge in [-0.25, -0.2) is 10.8 Å². The molecule has 0 aromatic carbocycles. The molecule has 2 rings (SSSR count). The standard InChI is InChI=1S/C10H16N8/c1-7(2)5-13-8-14-9(17-11)16-10(15-8)18-4-3-12-6-18/h3-4,6-7H,5,11H2,1-2H3,(H2,13,14,15,16,17). The van der Waals surface area contributed by atoms with Crippen LogP contribution in [0.2, 0.25) is 0 Å². The number of imidazole rings is 1. The van der Waals surface area contributed by atoms with E-state index in [0.29, 0.717) is 23.8 Å². The lowest BCUT2D eigenvalue weighted by molar-refractivity contribution is 0.683. The minimum Gasteiger partial charge on any atom is -0.354 e. The third-order valence-corrected chi connectivity index (χ3v) is 2.16. The van der Waals surface area contributed by atoms with E-state index in [1.165, 1.54) is 0 Å². The van der Waals surface area contributed by atoms with Crippen LogP contribution in [-0.2, 0) is 0 Å². The van der Waals surface area contributed by atoms with Crippen LogP contribution >= 0.6 is 0 Å². The first-order chi connectivity index (χ1) is 8.69. The highest BCUT2D eigenvalue weighted by Crippen LogP contribution is 2.08. The summed E-state index contributed by atoms with van der Waals surface area (Å²) < 4.78 is 1.68. The van der Waals surface area contributed by atoms with Gasteiger partial charge in [0.2, 0.25) is 17.8 Å². The van der Waals surface area contributed by atoms with E-state index in [4.69, 9.17) is 5.84 Å². The van der Waals surface area contributed by atoms with Crippen molar-refractivity contribution in [3.05, 3.63) is 18.7 Å². The zero-order chi connectivity index (χ0) is 13.0. The second-order valence-corrected chi connectivity index (χ2v) is 4.17. The first kappa shape index (κ1) is 12.2. The molecule has 8 heteroatoms. The number of anilines is 2. The van der Waals surface area contributed by atoms with E-state index < -0.39 is 0 Å². The molecule has 0 aliphatic rings. The number of nitrogens with one attached hydrogen (secondary N) is 2. The Hall–Kier alpha value is -2.22. The SMILES string of the molecule is CC(C)CNc1nc(NN)nc(-n2ccnc2)n1. The third-order valence-electron chi connectivity index (χ3n) is 2.16. The molecule has 0 radical (unpaired) electrons. The summed E-state index contributed by atoms with van der Waals surface area (Å²) in [4.78, 5) is 16.5. The molecule has 0 aliphatic heterocycles. The smallest absolute Gasteiger partial charge is 0.243 e. The summed E-state index contributed by atoms with van der Waals surface area (Å²) in [6, 6.07) is 0. The zero-order valence-corrected chi connectivity index (χ0v) is 10.3. The summed E-state index contributed by atoms with van der Waals surface area (Å²) in [5.41, 5.74) is 2.42. The maximum absolute atomic E-state index is 5.34. The molecule has 0 fully saturated rings. The molecule has 18 heavy (non-hydrogen) atoms. The maximum Gasteiger partial charge on any atom is 0.243 e. The quantitative estimate of drug-likeness (QED) is 0.519. The minimum atomic E-state index is 0.306. The van der Waals surface area contributed by atoms with E-state index in [2.05, 4.69) is 44.5 Å². The topological polar surface area (TPSA) is 107 Å². The first-order valence-electron chi connectivity index (χ1n) is 5.64. The molecule has 0 bridgehead atoms. The van der Waals surface area contributed by atoms with Crippen molar-refractivity contribution in [2.24, 2.45) is 11.8 Å². The lowest BCUT2D eigenvalue weighted by Gasteiger charge is -2.10. The van der Waals surface area contributed by atoms with Crippen molar-refractivity contribution in [1.29, 1.82) is 0 Å². The normalized spacial score (nSPS) is 10.7. The highest BCUT2D eigenvalue weighted by atomic mass is 15.4. The Labute approximate surface area is 105 Å². The highest BCUT2D eigenvalue weighted by molar-refractivity contribution is 5.37. The van der Waals surface area contributed by atoms with Gasteiger partial charge in [0.25, 0.3) is 0 Å². The molecule has 4 N–H and O–H groups in total. The van der Waals surface area contributed by atoms with Gasteiger partial charge in [-0.15, -0.1) is 0 Å². The van der Waals surface area contributed by atoms with Gasteiger partial charge in [0.1, 0.15) is 6.33 Å². The Bertz CT molecular complexity index is 493. The average molecular weight is 248 g/mol. The van der Waals surface area contributed by atoms with Gasteiger partial charge in [0.15, 0.2) is 0 Å². The van der Waals surface area contributed by atoms with Crippen molar-refractivity contribution in [1.82, 2.24) is 24.5 Å². The van der Waals surface area contributed by atoms with E-state index >= 15 is 0 Å². The van der Waals surface area contributed by atoms with E-state index in [1.807, 2.05) is 0 Å².